The Balaban J connectivity index is 1.30. The Hall–Kier alpha value is -2.48. The predicted molar refractivity (Wildman–Crippen MR) is 105 cm³/mol. The first kappa shape index (κ1) is 17.6. The molecule has 28 heavy (non-hydrogen) atoms. The van der Waals surface area contributed by atoms with Crippen molar-refractivity contribution in [2.24, 2.45) is 11.8 Å². The zero-order valence-corrected chi connectivity index (χ0v) is 15.8. The monoisotopic (exact) mass is 384 g/mol. The molecule has 2 aromatic heterocycles. The average Bonchev–Trinajstić information content (AvgIpc) is 3.27. The highest BCUT2D eigenvalue weighted by atomic mass is 19.1. The molecule has 148 valence electrons. The van der Waals surface area contributed by atoms with E-state index in [0.29, 0.717) is 31.1 Å². The summed E-state index contributed by atoms with van der Waals surface area (Å²) >= 11 is 0. The number of aliphatic hydroxyl groups excluding tert-OH is 1. The number of hydrogen-bond acceptors (Lipinski definition) is 7. The Morgan fingerprint density at radius 1 is 1.07 bits per heavy atom. The van der Waals surface area contributed by atoms with E-state index >= 15 is 0 Å². The number of halogens is 1. The van der Waals surface area contributed by atoms with E-state index < -0.39 is 11.9 Å². The highest BCUT2D eigenvalue weighted by Gasteiger charge is 2.33. The van der Waals surface area contributed by atoms with E-state index in [1.807, 2.05) is 6.07 Å². The summed E-state index contributed by atoms with van der Waals surface area (Å²) in [4.78, 5) is 17.3. The molecule has 3 aliphatic rings. The maximum atomic E-state index is 14.5. The van der Waals surface area contributed by atoms with Gasteiger partial charge in [-0.2, -0.15) is 4.98 Å². The second kappa shape index (κ2) is 7.16. The van der Waals surface area contributed by atoms with Crippen LogP contribution in [0.5, 0.6) is 0 Å². The van der Waals surface area contributed by atoms with Gasteiger partial charge in [-0.1, -0.05) is 0 Å². The summed E-state index contributed by atoms with van der Waals surface area (Å²) in [7, 11) is 0. The van der Waals surface area contributed by atoms with Crippen LogP contribution in [-0.2, 0) is 0 Å². The van der Waals surface area contributed by atoms with Gasteiger partial charge in [-0.05, 0) is 43.6 Å². The fourth-order valence-electron chi connectivity index (χ4n) is 4.78. The van der Waals surface area contributed by atoms with Gasteiger partial charge in [0.25, 0.3) is 0 Å². The summed E-state index contributed by atoms with van der Waals surface area (Å²) in [5, 5.41) is 12.7. The molecule has 5 rings (SSSR count). The molecule has 0 amide bonds. The SMILES string of the molecule is O[C@H]1CCN(c2ncc(Nc3nccc(N4C[C@@H]5CC[C@@H](C5)C4)n3)cc2F)C1. The Kier molecular flexibility index (Phi) is 4.50. The number of hydrogen-bond donors (Lipinski definition) is 2. The molecule has 1 aliphatic carbocycles. The lowest BCUT2D eigenvalue weighted by Gasteiger charge is -2.32. The summed E-state index contributed by atoms with van der Waals surface area (Å²) < 4.78 is 14.5. The van der Waals surface area contributed by atoms with E-state index in [-0.39, 0.29) is 5.82 Å². The normalized spacial score (nSPS) is 26.7. The molecule has 8 heteroatoms. The summed E-state index contributed by atoms with van der Waals surface area (Å²) in [6, 6.07) is 3.35. The third-order valence-corrected chi connectivity index (χ3v) is 6.11. The molecule has 3 atom stereocenters. The molecule has 3 fully saturated rings. The summed E-state index contributed by atoms with van der Waals surface area (Å²) in [5.41, 5.74) is 0.511. The molecule has 2 saturated heterocycles. The van der Waals surface area contributed by atoms with Gasteiger partial charge < -0.3 is 20.2 Å². The topological polar surface area (TPSA) is 77.4 Å². The second-order valence-corrected chi connectivity index (χ2v) is 8.23. The van der Waals surface area contributed by atoms with E-state index in [9.17, 15) is 9.50 Å². The summed E-state index contributed by atoms with van der Waals surface area (Å²) in [5.74, 6) is 2.79. The first-order valence-corrected chi connectivity index (χ1v) is 10.1. The molecule has 0 unspecified atom stereocenters. The van der Waals surface area contributed by atoms with Crippen LogP contribution in [0.4, 0.5) is 27.7 Å². The van der Waals surface area contributed by atoms with Crippen molar-refractivity contribution >= 4 is 23.3 Å². The largest absolute Gasteiger partial charge is 0.391 e. The number of aliphatic hydroxyl groups is 1. The zero-order valence-electron chi connectivity index (χ0n) is 15.8. The lowest BCUT2D eigenvalue weighted by Crippen LogP contribution is -2.36. The van der Waals surface area contributed by atoms with Crippen LogP contribution in [-0.4, -0.2) is 52.3 Å². The Morgan fingerprint density at radius 3 is 2.61 bits per heavy atom. The lowest BCUT2D eigenvalue weighted by molar-refractivity contribution is 0.198. The average molecular weight is 384 g/mol. The van der Waals surface area contributed by atoms with Crippen molar-refractivity contribution in [1.82, 2.24) is 15.0 Å². The van der Waals surface area contributed by atoms with Crippen molar-refractivity contribution in [3.8, 4) is 0 Å². The minimum Gasteiger partial charge on any atom is -0.391 e. The van der Waals surface area contributed by atoms with Crippen LogP contribution in [0.25, 0.3) is 0 Å². The number of aromatic nitrogens is 3. The van der Waals surface area contributed by atoms with Gasteiger partial charge in [-0.3, -0.25) is 0 Å². The first-order chi connectivity index (χ1) is 13.6. The number of β-amino-alcohol motifs (C(OH)–C–C–N with tert-alkyl or cyclic N) is 1. The third kappa shape index (κ3) is 3.48. The van der Waals surface area contributed by atoms with Crippen molar-refractivity contribution in [2.45, 2.75) is 31.8 Å². The molecule has 2 N–H and O–H groups in total. The molecule has 0 radical (unpaired) electrons. The van der Waals surface area contributed by atoms with Crippen LogP contribution in [0.2, 0.25) is 0 Å². The molecule has 2 bridgehead atoms. The Labute approximate surface area is 163 Å². The molecule has 2 aromatic rings. The summed E-state index contributed by atoms with van der Waals surface area (Å²) in [6.45, 7) is 3.14. The quantitative estimate of drug-likeness (QED) is 0.839. The predicted octanol–water partition coefficient (Wildman–Crippen LogP) is 2.56. The molecule has 2 aliphatic heterocycles. The molecule has 4 heterocycles. The van der Waals surface area contributed by atoms with Gasteiger partial charge in [0.2, 0.25) is 5.95 Å². The number of anilines is 4. The van der Waals surface area contributed by atoms with Gasteiger partial charge in [0.05, 0.1) is 18.0 Å². The van der Waals surface area contributed by atoms with Gasteiger partial charge in [0.15, 0.2) is 11.6 Å². The second-order valence-electron chi connectivity index (χ2n) is 8.23. The molecular formula is C20H25FN6O. The maximum Gasteiger partial charge on any atom is 0.229 e. The van der Waals surface area contributed by atoms with E-state index in [1.54, 1.807) is 17.3 Å². The van der Waals surface area contributed by atoms with E-state index in [2.05, 4.69) is 25.2 Å². The smallest absolute Gasteiger partial charge is 0.229 e. The van der Waals surface area contributed by atoms with Gasteiger partial charge in [0.1, 0.15) is 5.82 Å². The van der Waals surface area contributed by atoms with Crippen LogP contribution in [0.3, 0.4) is 0 Å². The molecule has 0 aromatic carbocycles. The molecule has 0 spiro atoms. The fraction of sp³-hybridized carbons (Fsp3) is 0.550. The first-order valence-electron chi connectivity index (χ1n) is 10.1. The summed E-state index contributed by atoms with van der Waals surface area (Å²) in [6.07, 6.45) is 7.54. The van der Waals surface area contributed by atoms with E-state index in [1.165, 1.54) is 25.3 Å². The van der Waals surface area contributed by atoms with E-state index in [0.717, 1.165) is 30.7 Å². The minimum absolute atomic E-state index is 0.278. The number of nitrogens with one attached hydrogen (secondary N) is 1. The van der Waals surface area contributed by atoms with Gasteiger partial charge in [-0.15, -0.1) is 0 Å². The van der Waals surface area contributed by atoms with Crippen LogP contribution in [0.15, 0.2) is 24.5 Å². The lowest BCUT2D eigenvalue weighted by atomic mass is 9.99. The van der Waals surface area contributed by atoms with Crippen molar-refractivity contribution in [3.05, 3.63) is 30.3 Å². The number of fused-ring (bicyclic) bond motifs is 2. The number of rotatable bonds is 4. The van der Waals surface area contributed by atoms with E-state index in [4.69, 9.17) is 0 Å². The van der Waals surface area contributed by atoms with Crippen molar-refractivity contribution < 1.29 is 9.50 Å². The zero-order chi connectivity index (χ0) is 19.1. The highest BCUT2D eigenvalue weighted by Crippen LogP contribution is 2.37. The third-order valence-electron chi connectivity index (χ3n) is 6.11. The Bertz CT molecular complexity index is 852. The van der Waals surface area contributed by atoms with Crippen molar-refractivity contribution in [1.29, 1.82) is 0 Å². The number of piperidine rings is 1. The molecule has 7 nitrogen and oxygen atoms in total. The van der Waals surface area contributed by atoms with Crippen LogP contribution in [0, 0.1) is 17.7 Å². The van der Waals surface area contributed by atoms with Gasteiger partial charge in [0, 0.05) is 38.4 Å². The fourth-order valence-corrected chi connectivity index (χ4v) is 4.78. The van der Waals surface area contributed by atoms with Gasteiger partial charge >= 0.3 is 0 Å². The van der Waals surface area contributed by atoms with Crippen molar-refractivity contribution in [2.75, 3.05) is 41.3 Å². The van der Waals surface area contributed by atoms with Crippen molar-refractivity contribution in [3.63, 3.8) is 0 Å². The van der Waals surface area contributed by atoms with Crippen LogP contribution >= 0.6 is 0 Å². The minimum atomic E-state index is -0.417. The van der Waals surface area contributed by atoms with Gasteiger partial charge in [-0.25, -0.2) is 14.4 Å². The number of nitrogens with zero attached hydrogens (tertiary/aromatic N) is 5. The number of pyridine rings is 1. The highest BCUT2D eigenvalue weighted by molar-refractivity contribution is 5.57. The van der Waals surface area contributed by atoms with Crippen LogP contribution in [0.1, 0.15) is 25.7 Å². The molecular weight excluding hydrogens is 359 g/mol. The molecule has 1 saturated carbocycles. The maximum absolute atomic E-state index is 14.5. The standard InChI is InChI=1S/C20H25FN6O/c21-17-8-15(9-23-19(17)26-6-4-16(28)12-26)24-20-22-5-3-18(25-20)27-10-13-1-2-14(7-13)11-27/h3,5,8-9,13-14,16,28H,1-2,4,6-7,10-12H2,(H,22,24,25)/t13-,14+,16-/m0/s1. The Morgan fingerprint density at radius 2 is 1.89 bits per heavy atom. The van der Waals surface area contributed by atoms with Crippen LogP contribution < -0.4 is 15.1 Å².